The number of nitrogens with one attached hydrogen (secondary N) is 1. The molecule has 1 atom stereocenters. The third-order valence-electron chi connectivity index (χ3n) is 3.35. The van der Waals surface area contributed by atoms with Crippen molar-refractivity contribution in [3.63, 3.8) is 0 Å². The van der Waals surface area contributed by atoms with E-state index in [1.165, 1.54) is 25.1 Å². The van der Waals surface area contributed by atoms with E-state index < -0.39 is 0 Å². The Labute approximate surface area is 97.6 Å². The van der Waals surface area contributed by atoms with Crippen molar-refractivity contribution in [2.75, 3.05) is 19.6 Å². The van der Waals surface area contributed by atoms with Crippen LogP contribution in [0.25, 0.3) is 0 Å². The van der Waals surface area contributed by atoms with Crippen LogP contribution < -0.4 is 5.32 Å². The van der Waals surface area contributed by atoms with Crippen molar-refractivity contribution in [1.82, 2.24) is 20.0 Å². The largest absolute Gasteiger partial charge is 0.315 e. The van der Waals surface area contributed by atoms with E-state index >= 15 is 0 Å². The predicted molar refractivity (Wildman–Crippen MR) is 65.2 cm³/mol. The smallest absolute Gasteiger partial charge is 0.0521 e. The van der Waals surface area contributed by atoms with Crippen LogP contribution in [0.1, 0.15) is 25.5 Å². The van der Waals surface area contributed by atoms with Crippen LogP contribution in [0.15, 0.2) is 12.3 Å². The molecule has 1 aromatic rings. The van der Waals surface area contributed by atoms with Gasteiger partial charge in [-0.15, -0.1) is 0 Å². The van der Waals surface area contributed by atoms with Crippen molar-refractivity contribution in [3.05, 3.63) is 18.0 Å². The molecule has 4 nitrogen and oxygen atoms in total. The maximum atomic E-state index is 4.23. The average molecular weight is 222 g/mol. The van der Waals surface area contributed by atoms with Gasteiger partial charge in [0, 0.05) is 32.4 Å². The molecule has 2 heterocycles. The van der Waals surface area contributed by atoms with Gasteiger partial charge in [0.2, 0.25) is 0 Å². The molecule has 1 aliphatic heterocycles. The van der Waals surface area contributed by atoms with Gasteiger partial charge in [-0.1, -0.05) is 6.92 Å². The molecule has 90 valence electrons. The van der Waals surface area contributed by atoms with Crippen LogP contribution in [0.2, 0.25) is 0 Å². The molecule has 1 N–H and O–H groups in total. The Morgan fingerprint density at radius 3 is 3.06 bits per heavy atom. The molecule has 16 heavy (non-hydrogen) atoms. The van der Waals surface area contributed by atoms with Gasteiger partial charge in [-0.05, 0) is 32.0 Å². The third kappa shape index (κ3) is 2.62. The lowest BCUT2D eigenvalue weighted by atomic mass is 10.2. The minimum atomic E-state index is 0.704. The Kier molecular flexibility index (Phi) is 3.96. The molecule has 2 rings (SSSR count). The topological polar surface area (TPSA) is 33.1 Å². The molecule has 0 saturated carbocycles. The Hall–Kier alpha value is -0.870. The first kappa shape index (κ1) is 11.6. The molecular formula is C12H22N4. The van der Waals surface area contributed by atoms with Crippen molar-refractivity contribution in [2.45, 2.75) is 32.4 Å². The summed E-state index contributed by atoms with van der Waals surface area (Å²) in [6.07, 6.45) is 4.37. The zero-order valence-electron chi connectivity index (χ0n) is 10.3. The van der Waals surface area contributed by atoms with Crippen molar-refractivity contribution in [3.8, 4) is 0 Å². The van der Waals surface area contributed by atoms with Crippen molar-refractivity contribution < 1.29 is 0 Å². The minimum absolute atomic E-state index is 0.704. The van der Waals surface area contributed by atoms with Crippen molar-refractivity contribution in [2.24, 2.45) is 7.05 Å². The first-order chi connectivity index (χ1) is 7.81. The maximum absolute atomic E-state index is 4.23. The monoisotopic (exact) mass is 222 g/mol. The second-order valence-corrected chi connectivity index (χ2v) is 4.56. The second-order valence-electron chi connectivity index (χ2n) is 4.56. The lowest BCUT2D eigenvalue weighted by Crippen LogP contribution is -2.37. The first-order valence-electron chi connectivity index (χ1n) is 6.23. The summed E-state index contributed by atoms with van der Waals surface area (Å²) in [4.78, 5) is 2.58. The van der Waals surface area contributed by atoms with E-state index in [1.807, 2.05) is 17.9 Å². The number of aryl methyl sites for hydroxylation is 1. The molecule has 1 saturated heterocycles. The molecule has 0 spiro atoms. The quantitative estimate of drug-likeness (QED) is 0.806. The molecule has 0 bridgehead atoms. The number of hydrogen-bond donors (Lipinski definition) is 1. The van der Waals surface area contributed by atoms with E-state index in [0.717, 1.165) is 19.6 Å². The molecule has 1 aliphatic rings. The summed E-state index contributed by atoms with van der Waals surface area (Å²) in [6.45, 7) is 6.75. The Morgan fingerprint density at radius 1 is 1.62 bits per heavy atom. The van der Waals surface area contributed by atoms with Crippen LogP contribution in [0.5, 0.6) is 0 Å². The van der Waals surface area contributed by atoms with Crippen LogP contribution >= 0.6 is 0 Å². The summed E-state index contributed by atoms with van der Waals surface area (Å²) in [6, 6.07) is 2.82. The van der Waals surface area contributed by atoms with Crippen LogP contribution in [0.4, 0.5) is 0 Å². The summed E-state index contributed by atoms with van der Waals surface area (Å²) < 4.78 is 1.98. The van der Waals surface area contributed by atoms with E-state index in [0.29, 0.717) is 6.04 Å². The number of hydrogen-bond acceptors (Lipinski definition) is 3. The summed E-state index contributed by atoms with van der Waals surface area (Å²) in [5.74, 6) is 0. The highest BCUT2D eigenvalue weighted by Crippen LogP contribution is 2.13. The summed E-state index contributed by atoms with van der Waals surface area (Å²) >= 11 is 0. The van der Waals surface area contributed by atoms with E-state index in [-0.39, 0.29) is 0 Å². The van der Waals surface area contributed by atoms with E-state index in [1.54, 1.807) is 0 Å². The van der Waals surface area contributed by atoms with Gasteiger partial charge in [0.15, 0.2) is 0 Å². The Morgan fingerprint density at radius 2 is 2.50 bits per heavy atom. The Bertz CT molecular complexity index is 315. The molecule has 1 fully saturated rings. The van der Waals surface area contributed by atoms with Crippen LogP contribution in [0.3, 0.4) is 0 Å². The minimum Gasteiger partial charge on any atom is -0.315 e. The molecule has 1 unspecified atom stereocenters. The summed E-state index contributed by atoms with van der Waals surface area (Å²) in [5, 5.41) is 7.67. The fourth-order valence-corrected chi connectivity index (χ4v) is 2.39. The van der Waals surface area contributed by atoms with E-state index in [4.69, 9.17) is 0 Å². The average Bonchev–Trinajstić information content (AvgIpc) is 2.90. The highest BCUT2D eigenvalue weighted by Gasteiger charge is 2.22. The zero-order chi connectivity index (χ0) is 11.4. The van der Waals surface area contributed by atoms with Gasteiger partial charge < -0.3 is 5.32 Å². The van der Waals surface area contributed by atoms with E-state index in [9.17, 15) is 0 Å². The second kappa shape index (κ2) is 5.46. The normalized spacial score (nSPS) is 20.8. The fourth-order valence-electron chi connectivity index (χ4n) is 2.39. The molecule has 0 aliphatic carbocycles. The van der Waals surface area contributed by atoms with Gasteiger partial charge >= 0.3 is 0 Å². The highest BCUT2D eigenvalue weighted by atomic mass is 15.3. The Balaban J connectivity index is 1.99. The van der Waals surface area contributed by atoms with Gasteiger partial charge in [0.05, 0.1) is 5.69 Å². The molecular weight excluding hydrogens is 200 g/mol. The van der Waals surface area contributed by atoms with Crippen molar-refractivity contribution >= 4 is 0 Å². The standard InChI is InChI=1S/C12H22N4/c1-3-8-16(11-4-6-13-9-11)10-12-5-7-14-15(12)2/h5,7,11,13H,3-4,6,8-10H2,1-2H3. The third-order valence-corrected chi connectivity index (χ3v) is 3.35. The molecule has 0 radical (unpaired) electrons. The lowest BCUT2D eigenvalue weighted by molar-refractivity contribution is 0.194. The van der Waals surface area contributed by atoms with Gasteiger partial charge in [0.1, 0.15) is 0 Å². The molecule has 0 amide bonds. The van der Waals surface area contributed by atoms with Gasteiger partial charge in [-0.25, -0.2) is 0 Å². The SMILES string of the molecule is CCCN(Cc1ccnn1C)C1CCNC1. The highest BCUT2D eigenvalue weighted by molar-refractivity contribution is 5.00. The molecule has 4 heteroatoms. The molecule has 0 aromatic carbocycles. The maximum Gasteiger partial charge on any atom is 0.0521 e. The number of rotatable bonds is 5. The van der Waals surface area contributed by atoms with Gasteiger partial charge in [-0.3, -0.25) is 9.58 Å². The summed E-state index contributed by atoms with van der Waals surface area (Å²) in [5.41, 5.74) is 1.31. The van der Waals surface area contributed by atoms with E-state index in [2.05, 4.69) is 28.3 Å². The molecule has 1 aromatic heterocycles. The number of aromatic nitrogens is 2. The predicted octanol–water partition coefficient (Wildman–Crippen LogP) is 0.994. The van der Waals surface area contributed by atoms with Crippen molar-refractivity contribution in [1.29, 1.82) is 0 Å². The lowest BCUT2D eigenvalue weighted by Gasteiger charge is -2.27. The van der Waals surface area contributed by atoms with Crippen LogP contribution in [-0.4, -0.2) is 40.4 Å². The van der Waals surface area contributed by atoms with Crippen LogP contribution in [-0.2, 0) is 13.6 Å². The summed E-state index contributed by atoms with van der Waals surface area (Å²) in [7, 11) is 2.02. The van der Waals surface area contributed by atoms with Crippen LogP contribution in [0, 0.1) is 0 Å². The fraction of sp³-hybridized carbons (Fsp3) is 0.750. The first-order valence-corrected chi connectivity index (χ1v) is 6.23. The zero-order valence-corrected chi connectivity index (χ0v) is 10.3. The number of nitrogens with zero attached hydrogens (tertiary/aromatic N) is 3. The van der Waals surface area contributed by atoms with Gasteiger partial charge in [-0.2, -0.15) is 5.10 Å². The van der Waals surface area contributed by atoms with Gasteiger partial charge in [0.25, 0.3) is 0 Å².